The highest BCUT2D eigenvalue weighted by atomic mass is 35.5. The maximum Gasteiger partial charge on any atom is 0.324 e. The summed E-state index contributed by atoms with van der Waals surface area (Å²) in [5.41, 5.74) is 1.52. The molecule has 1 amide bonds. The Labute approximate surface area is 130 Å². The number of thiophene rings is 1. The number of halogens is 1. The molecule has 7 heteroatoms. The third-order valence-corrected chi connectivity index (χ3v) is 4.04. The summed E-state index contributed by atoms with van der Waals surface area (Å²) in [5.74, 6) is -0.328. The largest absolute Gasteiger partial charge is 0.324 e. The molecule has 0 atom stereocenters. The highest BCUT2D eigenvalue weighted by Gasteiger charge is 2.08. The van der Waals surface area contributed by atoms with Crippen molar-refractivity contribution in [3.05, 3.63) is 62.0 Å². The molecule has 0 aliphatic rings. The lowest BCUT2D eigenvalue weighted by Gasteiger charge is -2.04. The summed E-state index contributed by atoms with van der Waals surface area (Å²) in [6, 6.07) is 8.23. The Morgan fingerprint density at radius 3 is 2.76 bits per heavy atom. The van der Waals surface area contributed by atoms with E-state index in [9.17, 15) is 14.9 Å². The number of amides is 1. The lowest BCUT2D eigenvalue weighted by molar-refractivity contribution is -0.380. The normalized spacial score (nSPS) is 10.8. The molecule has 0 radical (unpaired) electrons. The van der Waals surface area contributed by atoms with Crippen LogP contribution in [-0.2, 0) is 4.79 Å². The van der Waals surface area contributed by atoms with Crippen LogP contribution in [0.4, 0.5) is 10.7 Å². The van der Waals surface area contributed by atoms with E-state index in [1.807, 2.05) is 13.0 Å². The van der Waals surface area contributed by atoms with Gasteiger partial charge in [-0.25, -0.2) is 0 Å². The van der Waals surface area contributed by atoms with Crippen molar-refractivity contribution >= 4 is 45.6 Å². The first-order valence-corrected chi connectivity index (χ1v) is 7.14. The van der Waals surface area contributed by atoms with E-state index in [0.717, 1.165) is 16.9 Å². The van der Waals surface area contributed by atoms with E-state index in [2.05, 4.69) is 5.32 Å². The van der Waals surface area contributed by atoms with Gasteiger partial charge in [0, 0.05) is 27.7 Å². The maximum absolute atomic E-state index is 11.8. The van der Waals surface area contributed by atoms with Gasteiger partial charge in [0.15, 0.2) is 0 Å². The molecule has 0 aliphatic heterocycles. The molecule has 0 unspecified atom stereocenters. The standard InChI is InChI=1S/C14H11ClN2O3S/c1-9-2-3-10(8-12(9)15)16-13(18)6-4-11-5-7-14(21-11)17(19)20/h2-8H,1H3,(H,16,18)/b6-4+. The Bertz CT molecular complexity index is 725. The molecule has 108 valence electrons. The number of carbonyl (C=O) groups excluding carboxylic acids is 1. The van der Waals surface area contributed by atoms with E-state index in [-0.39, 0.29) is 10.9 Å². The summed E-state index contributed by atoms with van der Waals surface area (Å²) in [7, 11) is 0. The number of anilines is 1. The van der Waals surface area contributed by atoms with E-state index in [1.165, 1.54) is 18.2 Å². The van der Waals surface area contributed by atoms with Crippen molar-refractivity contribution < 1.29 is 9.72 Å². The molecule has 1 aromatic heterocycles. The van der Waals surface area contributed by atoms with Gasteiger partial charge in [0.05, 0.1) is 4.92 Å². The van der Waals surface area contributed by atoms with Crippen LogP contribution in [-0.4, -0.2) is 10.8 Å². The highest BCUT2D eigenvalue weighted by Crippen LogP contribution is 2.25. The molecule has 1 N–H and O–H groups in total. The zero-order chi connectivity index (χ0) is 15.4. The number of nitrogens with zero attached hydrogens (tertiary/aromatic N) is 1. The van der Waals surface area contributed by atoms with Crippen LogP contribution in [0.15, 0.2) is 36.4 Å². The Morgan fingerprint density at radius 1 is 1.38 bits per heavy atom. The predicted octanol–water partition coefficient (Wildman–Crippen LogP) is 4.27. The van der Waals surface area contributed by atoms with Gasteiger partial charge in [-0.15, -0.1) is 0 Å². The number of hydrogen-bond donors (Lipinski definition) is 1. The SMILES string of the molecule is Cc1ccc(NC(=O)/C=C/c2ccc([N+](=O)[O-])s2)cc1Cl. The molecule has 1 aromatic carbocycles. The highest BCUT2D eigenvalue weighted by molar-refractivity contribution is 7.16. The van der Waals surface area contributed by atoms with Gasteiger partial charge in [0.25, 0.3) is 0 Å². The Kier molecular flexibility index (Phi) is 4.72. The summed E-state index contributed by atoms with van der Waals surface area (Å²) >= 11 is 6.98. The predicted molar refractivity (Wildman–Crippen MR) is 84.8 cm³/mol. The van der Waals surface area contributed by atoms with Gasteiger partial charge in [-0.3, -0.25) is 14.9 Å². The lowest BCUT2D eigenvalue weighted by atomic mass is 10.2. The fraction of sp³-hybridized carbons (Fsp3) is 0.0714. The molecule has 0 fully saturated rings. The Hall–Kier alpha value is -2.18. The molecule has 0 spiro atoms. The van der Waals surface area contributed by atoms with E-state index < -0.39 is 4.92 Å². The molecular formula is C14H11ClN2O3S. The van der Waals surface area contributed by atoms with E-state index in [1.54, 1.807) is 18.2 Å². The van der Waals surface area contributed by atoms with Gasteiger partial charge >= 0.3 is 5.00 Å². The molecule has 21 heavy (non-hydrogen) atoms. The van der Waals surface area contributed by atoms with Crippen molar-refractivity contribution in [2.45, 2.75) is 6.92 Å². The van der Waals surface area contributed by atoms with Crippen molar-refractivity contribution in [1.29, 1.82) is 0 Å². The summed E-state index contributed by atoms with van der Waals surface area (Å²) < 4.78 is 0. The maximum atomic E-state index is 11.8. The molecule has 2 rings (SSSR count). The Morgan fingerprint density at radius 2 is 2.14 bits per heavy atom. The van der Waals surface area contributed by atoms with E-state index in [4.69, 9.17) is 11.6 Å². The van der Waals surface area contributed by atoms with Gasteiger partial charge in [-0.1, -0.05) is 29.0 Å². The molecule has 2 aromatic rings. The van der Waals surface area contributed by atoms with Gasteiger partial charge in [0.2, 0.25) is 5.91 Å². The third kappa shape index (κ3) is 4.14. The average Bonchev–Trinajstić information content (AvgIpc) is 2.90. The summed E-state index contributed by atoms with van der Waals surface area (Å²) in [6.45, 7) is 1.87. The van der Waals surface area contributed by atoms with Crippen molar-refractivity contribution in [1.82, 2.24) is 0 Å². The zero-order valence-corrected chi connectivity index (χ0v) is 12.6. The third-order valence-electron chi connectivity index (χ3n) is 2.63. The van der Waals surface area contributed by atoms with Gasteiger partial charge in [-0.2, -0.15) is 0 Å². The lowest BCUT2D eigenvalue weighted by Crippen LogP contribution is -2.07. The monoisotopic (exact) mass is 322 g/mol. The molecule has 0 saturated carbocycles. The fourth-order valence-corrected chi connectivity index (χ4v) is 2.45. The van der Waals surface area contributed by atoms with Crippen LogP contribution in [0.25, 0.3) is 6.08 Å². The van der Waals surface area contributed by atoms with E-state index >= 15 is 0 Å². The molecule has 0 saturated heterocycles. The van der Waals surface area contributed by atoms with Gasteiger partial charge in [-0.05, 0) is 36.8 Å². The van der Waals surface area contributed by atoms with Crippen molar-refractivity contribution in [3.63, 3.8) is 0 Å². The van der Waals surface area contributed by atoms with E-state index in [0.29, 0.717) is 15.6 Å². The first-order valence-electron chi connectivity index (χ1n) is 5.95. The number of nitro groups is 1. The summed E-state index contributed by atoms with van der Waals surface area (Å²) in [4.78, 5) is 22.5. The topological polar surface area (TPSA) is 72.2 Å². The number of benzene rings is 1. The minimum Gasteiger partial charge on any atom is -0.322 e. The number of aryl methyl sites for hydroxylation is 1. The molecular weight excluding hydrogens is 312 g/mol. The fourth-order valence-electron chi connectivity index (χ4n) is 1.54. The first-order chi connectivity index (χ1) is 9.95. The minimum absolute atomic E-state index is 0.0420. The average molecular weight is 323 g/mol. The molecule has 5 nitrogen and oxygen atoms in total. The summed E-state index contributed by atoms with van der Waals surface area (Å²) in [5, 5.41) is 13.8. The second-order valence-corrected chi connectivity index (χ2v) is 5.72. The number of nitrogens with one attached hydrogen (secondary N) is 1. The smallest absolute Gasteiger partial charge is 0.322 e. The van der Waals surface area contributed by atoms with Crippen LogP contribution in [0.2, 0.25) is 5.02 Å². The molecule has 0 aliphatic carbocycles. The van der Waals surface area contributed by atoms with Crippen molar-refractivity contribution in [2.24, 2.45) is 0 Å². The van der Waals surface area contributed by atoms with Crippen LogP contribution in [0.1, 0.15) is 10.4 Å². The quantitative estimate of drug-likeness (QED) is 0.519. The zero-order valence-electron chi connectivity index (χ0n) is 11.0. The second kappa shape index (κ2) is 6.51. The van der Waals surface area contributed by atoms with Crippen LogP contribution in [0.3, 0.4) is 0 Å². The number of carbonyl (C=O) groups is 1. The van der Waals surface area contributed by atoms with Crippen LogP contribution >= 0.6 is 22.9 Å². The van der Waals surface area contributed by atoms with Crippen LogP contribution < -0.4 is 5.32 Å². The second-order valence-electron chi connectivity index (χ2n) is 4.22. The van der Waals surface area contributed by atoms with Gasteiger partial charge in [0.1, 0.15) is 0 Å². The molecule has 0 bridgehead atoms. The minimum atomic E-state index is -0.462. The molecule has 1 heterocycles. The van der Waals surface area contributed by atoms with Gasteiger partial charge < -0.3 is 5.32 Å². The first kappa shape index (κ1) is 15.2. The van der Waals surface area contributed by atoms with Crippen molar-refractivity contribution in [2.75, 3.05) is 5.32 Å². The van der Waals surface area contributed by atoms with Crippen molar-refractivity contribution in [3.8, 4) is 0 Å². The summed E-state index contributed by atoms with van der Waals surface area (Å²) in [6.07, 6.45) is 2.85. The van der Waals surface area contributed by atoms with Crippen LogP contribution in [0.5, 0.6) is 0 Å². The Balaban J connectivity index is 2.01. The van der Waals surface area contributed by atoms with Crippen LogP contribution in [0, 0.1) is 17.0 Å². The number of hydrogen-bond acceptors (Lipinski definition) is 4. The number of rotatable bonds is 4.